The highest BCUT2D eigenvalue weighted by Crippen LogP contribution is 2.26. The number of carboxylic acids is 1. The van der Waals surface area contributed by atoms with Gasteiger partial charge < -0.3 is 10.8 Å². The Labute approximate surface area is 135 Å². The van der Waals surface area contributed by atoms with E-state index in [4.69, 9.17) is 10.8 Å². The number of aryl methyl sites for hydroxylation is 1. The lowest BCUT2D eigenvalue weighted by Gasteiger charge is -2.09. The molecule has 0 spiro atoms. The van der Waals surface area contributed by atoms with E-state index in [0.717, 1.165) is 16.7 Å². The maximum atomic E-state index is 12.1. The highest BCUT2D eigenvalue weighted by Gasteiger charge is 2.14. The zero-order valence-electron chi connectivity index (χ0n) is 12.6. The van der Waals surface area contributed by atoms with E-state index in [1.165, 1.54) is 12.1 Å². The van der Waals surface area contributed by atoms with Gasteiger partial charge in [-0.2, -0.15) is 0 Å². The number of nitrogens with two attached hydrogens (primary N) is 1. The summed E-state index contributed by atoms with van der Waals surface area (Å²) in [5.74, 6) is -1.06. The van der Waals surface area contributed by atoms with Crippen LogP contribution in [0.2, 0.25) is 0 Å². The number of carbonyl (C=O) groups is 1. The fourth-order valence-electron chi connectivity index (χ4n) is 2.14. The number of rotatable bonds is 6. The number of benzene rings is 2. The van der Waals surface area contributed by atoms with Crippen molar-refractivity contribution in [2.45, 2.75) is 18.2 Å². The SMILES string of the molecule is Cc1ccc(N)cc1-c1ccc(S(=O)(=O)NCCC(=O)O)cc1. The molecule has 23 heavy (non-hydrogen) atoms. The van der Waals surface area contributed by atoms with Crippen LogP contribution in [0.5, 0.6) is 0 Å². The molecule has 2 aromatic rings. The topological polar surface area (TPSA) is 109 Å². The Kier molecular flexibility index (Phi) is 5.02. The summed E-state index contributed by atoms with van der Waals surface area (Å²) in [6.07, 6.45) is -0.264. The van der Waals surface area contributed by atoms with Gasteiger partial charge in [-0.1, -0.05) is 18.2 Å². The molecule has 0 saturated carbocycles. The molecule has 0 atom stereocenters. The average Bonchev–Trinajstić information content (AvgIpc) is 2.49. The van der Waals surface area contributed by atoms with Crippen molar-refractivity contribution in [3.63, 3.8) is 0 Å². The Hall–Kier alpha value is -2.38. The molecule has 122 valence electrons. The van der Waals surface area contributed by atoms with Crippen LogP contribution in [-0.4, -0.2) is 26.0 Å². The van der Waals surface area contributed by atoms with E-state index < -0.39 is 16.0 Å². The van der Waals surface area contributed by atoms with E-state index in [-0.39, 0.29) is 17.9 Å². The Balaban J connectivity index is 2.22. The molecule has 0 unspecified atom stereocenters. The Morgan fingerprint density at radius 1 is 1.17 bits per heavy atom. The van der Waals surface area contributed by atoms with Gasteiger partial charge in [0, 0.05) is 12.2 Å². The van der Waals surface area contributed by atoms with Crippen molar-refractivity contribution >= 4 is 21.7 Å². The predicted octanol–water partition coefficient (Wildman–Crippen LogP) is 2.00. The number of carboxylic acid groups (broad SMARTS) is 1. The number of aliphatic carboxylic acids is 1. The molecule has 4 N–H and O–H groups in total. The lowest BCUT2D eigenvalue weighted by Crippen LogP contribution is -2.26. The van der Waals surface area contributed by atoms with E-state index in [9.17, 15) is 13.2 Å². The predicted molar refractivity (Wildman–Crippen MR) is 88.5 cm³/mol. The maximum absolute atomic E-state index is 12.1. The highest BCUT2D eigenvalue weighted by atomic mass is 32.2. The Bertz CT molecular complexity index is 814. The first kappa shape index (κ1) is 17.0. The molecule has 7 heteroatoms. The first-order chi connectivity index (χ1) is 10.8. The zero-order chi connectivity index (χ0) is 17.0. The molecule has 0 saturated heterocycles. The second-order valence-corrected chi connectivity index (χ2v) is 6.91. The first-order valence-corrected chi connectivity index (χ1v) is 8.46. The van der Waals surface area contributed by atoms with Crippen LogP contribution in [0.25, 0.3) is 11.1 Å². The largest absolute Gasteiger partial charge is 0.481 e. The van der Waals surface area contributed by atoms with Crippen molar-refractivity contribution in [2.24, 2.45) is 0 Å². The number of hydrogen-bond donors (Lipinski definition) is 3. The van der Waals surface area contributed by atoms with Gasteiger partial charge in [0.1, 0.15) is 0 Å². The summed E-state index contributed by atoms with van der Waals surface area (Å²) < 4.78 is 26.4. The molecule has 0 bridgehead atoms. The molecule has 2 aromatic carbocycles. The number of anilines is 1. The molecule has 0 fully saturated rings. The summed E-state index contributed by atoms with van der Waals surface area (Å²) in [7, 11) is -3.71. The van der Waals surface area contributed by atoms with Crippen LogP contribution in [0.1, 0.15) is 12.0 Å². The van der Waals surface area contributed by atoms with Crippen LogP contribution in [-0.2, 0) is 14.8 Å². The molecule has 0 aliphatic carbocycles. The summed E-state index contributed by atoms with van der Waals surface area (Å²) in [6, 6.07) is 11.9. The van der Waals surface area contributed by atoms with Gasteiger partial charge in [-0.05, 0) is 47.9 Å². The van der Waals surface area contributed by atoms with Crippen molar-refractivity contribution in [1.82, 2.24) is 4.72 Å². The number of hydrogen-bond acceptors (Lipinski definition) is 4. The van der Waals surface area contributed by atoms with Gasteiger partial charge in [0.25, 0.3) is 0 Å². The van der Waals surface area contributed by atoms with Gasteiger partial charge in [-0.15, -0.1) is 0 Å². The van der Waals surface area contributed by atoms with Crippen LogP contribution < -0.4 is 10.5 Å². The van der Waals surface area contributed by atoms with Crippen LogP contribution >= 0.6 is 0 Å². The minimum atomic E-state index is -3.71. The third-order valence-corrected chi connectivity index (χ3v) is 4.85. The Morgan fingerprint density at radius 2 is 1.83 bits per heavy atom. The molecular formula is C16H18N2O4S. The molecule has 0 heterocycles. The van der Waals surface area contributed by atoms with Crippen molar-refractivity contribution in [1.29, 1.82) is 0 Å². The lowest BCUT2D eigenvalue weighted by atomic mass is 10.0. The summed E-state index contributed by atoms with van der Waals surface area (Å²) in [4.78, 5) is 10.5. The van der Waals surface area contributed by atoms with Gasteiger partial charge in [0.15, 0.2) is 0 Å². The summed E-state index contributed by atoms with van der Waals surface area (Å²) in [5, 5.41) is 8.55. The van der Waals surface area contributed by atoms with Crippen LogP contribution in [0.4, 0.5) is 5.69 Å². The van der Waals surface area contributed by atoms with Crippen LogP contribution in [0, 0.1) is 6.92 Å². The molecule has 0 aromatic heterocycles. The normalized spacial score (nSPS) is 11.3. The van der Waals surface area contributed by atoms with Crippen molar-refractivity contribution < 1.29 is 18.3 Å². The fraction of sp³-hybridized carbons (Fsp3) is 0.188. The molecule has 6 nitrogen and oxygen atoms in total. The molecular weight excluding hydrogens is 316 g/mol. The number of nitrogen functional groups attached to an aromatic ring is 1. The van der Waals surface area contributed by atoms with Gasteiger partial charge in [0.2, 0.25) is 10.0 Å². The van der Waals surface area contributed by atoms with Crippen LogP contribution in [0.3, 0.4) is 0 Å². The van der Waals surface area contributed by atoms with Gasteiger partial charge in [0.05, 0.1) is 11.3 Å². The van der Waals surface area contributed by atoms with Gasteiger partial charge in [-0.3, -0.25) is 4.79 Å². The summed E-state index contributed by atoms with van der Waals surface area (Å²) >= 11 is 0. The highest BCUT2D eigenvalue weighted by molar-refractivity contribution is 7.89. The Morgan fingerprint density at radius 3 is 2.43 bits per heavy atom. The van der Waals surface area contributed by atoms with E-state index >= 15 is 0 Å². The van der Waals surface area contributed by atoms with Gasteiger partial charge >= 0.3 is 5.97 Å². The monoisotopic (exact) mass is 334 g/mol. The third-order valence-electron chi connectivity index (χ3n) is 3.37. The summed E-state index contributed by atoms with van der Waals surface area (Å²) in [6.45, 7) is 1.81. The summed E-state index contributed by atoms with van der Waals surface area (Å²) in [5.41, 5.74) is 9.26. The fourth-order valence-corrected chi connectivity index (χ4v) is 3.17. The zero-order valence-corrected chi connectivity index (χ0v) is 13.4. The van der Waals surface area contributed by atoms with E-state index in [0.29, 0.717) is 5.69 Å². The molecule has 2 rings (SSSR count). The first-order valence-electron chi connectivity index (χ1n) is 6.97. The van der Waals surface area contributed by atoms with E-state index in [1.54, 1.807) is 12.1 Å². The molecule has 0 aliphatic heterocycles. The lowest BCUT2D eigenvalue weighted by molar-refractivity contribution is -0.136. The maximum Gasteiger partial charge on any atom is 0.304 e. The second kappa shape index (κ2) is 6.80. The van der Waals surface area contributed by atoms with Crippen molar-refractivity contribution in [3.05, 3.63) is 48.0 Å². The van der Waals surface area contributed by atoms with Crippen molar-refractivity contribution in [3.8, 4) is 11.1 Å². The molecule has 0 aliphatic rings. The third kappa shape index (κ3) is 4.30. The smallest absolute Gasteiger partial charge is 0.304 e. The van der Waals surface area contributed by atoms with E-state index in [2.05, 4.69) is 4.72 Å². The molecule has 0 amide bonds. The minimum absolute atomic E-state index is 0.0909. The quantitative estimate of drug-likeness (QED) is 0.700. The van der Waals surface area contributed by atoms with Crippen molar-refractivity contribution in [2.75, 3.05) is 12.3 Å². The molecule has 0 radical (unpaired) electrons. The second-order valence-electron chi connectivity index (χ2n) is 5.14. The minimum Gasteiger partial charge on any atom is -0.481 e. The van der Waals surface area contributed by atoms with Crippen LogP contribution in [0.15, 0.2) is 47.4 Å². The average molecular weight is 334 g/mol. The number of sulfonamides is 1. The standard InChI is InChI=1S/C16H18N2O4S/c1-11-2-5-13(17)10-15(11)12-3-6-14(7-4-12)23(21,22)18-9-8-16(19)20/h2-7,10,18H,8-9,17H2,1H3,(H,19,20). The van der Waals surface area contributed by atoms with Gasteiger partial charge in [-0.25, -0.2) is 13.1 Å². The van der Waals surface area contributed by atoms with E-state index in [1.807, 2.05) is 25.1 Å². The number of nitrogens with one attached hydrogen (secondary N) is 1.